The molecule has 2 aromatic carbocycles. The van der Waals surface area contributed by atoms with E-state index in [1.54, 1.807) is 29.3 Å². The van der Waals surface area contributed by atoms with Gasteiger partial charge in [0.1, 0.15) is 0 Å². The van der Waals surface area contributed by atoms with Crippen molar-refractivity contribution in [2.75, 3.05) is 37.6 Å². The van der Waals surface area contributed by atoms with E-state index in [1.165, 1.54) is 0 Å². The highest BCUT2D eigenvalue weighted by Crippen LogP contribution is 2.30. The molecule has 0 aliphatic rings. The molecule has 1 aromatic heterocycles. The maximum Gasteiger partial charge on any atom is 0.205 e. The Balaban J connectivity index is 0.00000306. The highest BCUT2D eigenvalue weighted by molar-refractivity contribution is 5.95. The molecule has 0 aliphatic heterocycles. The molecule has 3 nitrogen and oxygen atoms in total. The van der Waals surface area contributed by atoms with Crippen LogP contribution in [0.15, 0.2) is 48.8 Å². The standard InChI is InChI=1S/C28H36F2N3.2BrH/c1-5-31(6-2)18-10-19-32-20-17-23(26(29)21-32)14-13-22-11-9-12-25-24(22)15-16-27(28(25)30)33(7-3)8-4;;/h9,11-17,20-21H,5-8,10,18-19H2,1-4H3;2*1H/q+1;;/p-1/b14-13+;;. The van der Waals surface area contributed by atoms with E-state index in [0.29, 0.717) is 16.6 Å². The second-order valence-corrected chi connectivity index (χ2v) is 8.39. The fraction of sp³-hybridized carbons (Fsp3) is 0.393. The van der Waals surface area contributed by atoms with Crippen LogP contribution in [0.3, 0.4) is 0 Å². The average Bonchev–Trinajstić information content (AvgIpc) is 2.83. The van der Waals surface area contributed by atoms with Gasteiger partial charge in [-0.25, -0.2) is 8.96 Å². The van der Waals surface area contributed by atoms with Crippen molar-refractivity contribution in [3.63, 3.8) is 0 Å². The van der Waals surface area contributed by atoms with E-state index in [1.807, 2.05) is 59.9 Å². The van der Waals surface area contributed by atoms with E-state index in [9.17, 15) is 4.39 Å². The average molecular weight is 613 g/mol. The van der Waals surface area contributed by atoms with Crippen molar-refractivity contribution in [2.45, 2.75) is 40.7 Å². The third-order valence-electron chi connectivity index (χ3n) is 6.50. The number of hydrogen-bond acceptors (Lipinski definition) is 1. The Hall–Kier alpha value is -1.83. The second kappa shape index (κ2) is 15.3. The Morgan fingerprint density at radius 3 is 2.17 bits per heavy atom. The van der Waals surface area contributed by atoms with Gasteiger partial charge in [-0.1, -0.05) is 36.4 Å². The minimum absolute atomic E-state index is 0. The van der Waals surface area contributed by atoms with Crippen molar-refractivity contribution in [1.82, 2.24) is 0 Å². The topological polar surface area (TPSA) is 11.6 Å². The Labute approximate surface area is 230 Å². The lowest BCUT2D eigenvalue weighted by Crippen LogP contribution is -3.11. The molecule has 0 spiro atoms. The quantitative estimate of drug-likeness (QED) is 0.267. The molecule has 7 heteroatoms. The van der Waals surface area contributed by atoms with Gasteiger partial charge in [0.25, 0.3) is 0 Å². The lowest BCUT2D eigenvalue weighted by atomic mass is 10.0. The molecule has 1 heterocycles. The van der Waals surface area contributed by atoms with Crippen LogP contribution in [-0.2, 0) is 6.54 Å². The largest absolute Gasteiger partial charge is 1.00 e. The SMILES string of the molecule is CCN(CC)c1ccc2c(/C=C/c3cc[n+](CCC[NH+](CC)CC)cc3F)cccc2c1F.[Br-].[Br-]. The first kappa shape index (κ1) is 31.2. The summed E-state index contributed by atoms with van der Waals surface area (Å²) < 4.78 is 31.9. The number of halogens is 4. The predicted molar refractivity (Wildman–Crippen MR) is 135 cm³/mol. The number of fused-ring (bicyclic) bond motifs is 1. The fourth-order valence-electron chi connectivity index (χ4n) is 4.38. The first-order chi connectivity index (χ1) is 16.0. The van der Waals surface area contributed by atoms with Crippen LogP contribution in [0.1, 0.15) is 45.2 Å². The summed E-state index contributed by atoms with van der Waals surface area (Å²) in [7, 11) is 0. The van der Waals surface area contributed by atoms with Crippen molar-refractivity contribution in [3.05, 3.63) is 71.6 Å². The summed E-state index contributed by atoms with van der Waals surface area (Å²) in [6, 6.07) is 11.2. The molecule has 3 rings (SSSR count). The Bertz CT molecular complexity index is 1100. The predicted octanol–water partition coefficient (Wildman–Crippen LogP) is -1.26. The molecule has 0 bridgehead atoms. The molecule has 1 N–H and O–H groups in total. The highest BCUT2D eigenvalue weighted by Gasteiger charge is 2.13. The van der Waals surface area contributed by atoms with Crippen LogP contribution in [0.2, 0.25) is 0 Å². The molecule has 0 atom stereocenters. The highest BCUT2D eigenvalue weighted by atomic mass is 79.9. The van der Waals surface area contributed by atoms with Crippen LogP contribution < -0.4 is 48.3 Å². The molecule has 0 saturated carbocycles. The number of hydrogen-bond donors (Lipinski definition) is 1. The Morgan fingerprint density at radius 2 is 1.54 bits per heavy atom. The first-order valence-corrected chi connectivity index (χ1v) is 12.2. The van der Waals surface area contributed by atoms with E-state index in [4.69, 9.17) is 0 Å². The zero-order chi connectivity index (χ0) is 23.8. The monoisotopic (exact) mass is 611 g/mol. The molecule has 0 aliphatic carbocycles. The van der Waals surface area contributed by atoms with Crippen LogP contribution in [0.4, 0.5) is 14.5 Å². The van der Waals surface area contributed by atoms with Gasteiger partial charge in [-0.05, 0) is 44.7 Å². The van der Waals surface area contributed by atoms with Crippen molar-refractivity contribution in [2.24, 2.45) is 0 Å². The zero-order valence-corrected chi connectivity index (χ0v) is 24.3. The normalized spacial score (nSPS) is 11.1. The minimum atomic E-state index is -0.251. The van der Waals surface area contributed by atoms with E-state index in [2.05, 4.69) is 13.8 Å². The molecule has 192 valence electrons. The van der Waals surface area contributed by atoms with Crippen LogP contribution in [0.25, 0.3) is 22.9 Å². The van der Waals surface area contributed by atoms with Crippen molar-refractivity contribution >= 4 is 28.6 Å². The number of nitrogens with one attached hydrogen (secondary N) is 1. The van der Waals surface area contributed by atoms with Gasteiger partial charge in [-0.2, -0.15) is 4.39 Å². The van der Waals surface area contributed by atoms with Crippen LogP contribution in [0, 0.1) is 11.6 Å². The van der Waals surface area contributed by atoms with Gasteiger partial charge >= 0.3 is 0 Å². The summed E-state index contributed by atoms with van der Waals surface area (Å²) in [4.78, 5) is 3.57. The van der Waals surface area contributed by atoms with Crippen molar-refractivity contribution < 1.29 is 52.2 Å². The van der Waals surface area contributed by atoms with Gasteiger partial charge in [-0.15, -0.1) is 0 Å². The number of pyridine rings is 1. The number of aromatic nitrogens is 1. The van der Waals surface area contributed by atoms with Gasteiger partial charge in [0.05, 0.1) is 31.7 Å². The van der Waals surface area contributed by atoms with Crippen molar-refractivity contribution in [3.8, 4) is 0 Å². The number of nitrogens with zero attached hydrogens (tertiary/aromatic N) is 2. The number of rotatable bonds is 11. The molecule has 0 fully saturated rings. The number of benzene rings is 2. The molecule has 0 unspecified atom stereocenters. The van der Waals surface area contributed by atoms with E-state index in [0.717, 1.165) is 56.6 Å². The zero-order valence-electron chi connectivity index (χ0n) is 21.1. The van der Waals surface area contributed by atoms with Gasteiger partial charge in [0.2, 0.25) is 6.20 Å². The Kier molecular flexibility index (Phi) is 13.7. The van der Waals surface area contributed by atoms with Gasteiger partial charge < -0.3 is 43.8 Å². The third-order valence-corrected chi connectivity index (χ3v) is 6.50. The van der Waals surface area contributed by atoms with E-state index < -0.39 is 0 Å². The number of anilines is 1. The molecule has 35 heavy (non-hydrogen) atoms. The number of quaternary nitrogens is 1. The van der Waals surface area contributed by atoms with E-state index in [-0.39, 0.29) is 45.6 Å². The summed E-state index contributed by atoms with van der Waals surface area (Å²) in [6.07, 6.45) is 8.15. The van der Waals surface area contributed by atoms with Crippen molar-refractivity contribution in [1.29, 1.82) is 0 Å². The second-order valence-electron chi connectivity index (χ2n) is 8.39. The summed E-state index contributed by atoms with van der Waals surface area (Å²) in [6.45, 7) is 14.1. The van der Waals surface area contributed by atoms with Gasteiger partial charge in [0, 0.05) is 30.1 Å². The van der Waals surface area contributed by atoms with Crippen LogP contribution >= 0.6 is 0 Å². The molecule has 0 radical (unpaired) electrons. The molecular weight excluding hydrogens is 576 g/mol. The lowest BCUT2D eigenvalue weighted by molar-refractivity contribution is -0.899. The van der Waals surface area contributed by atoms with Gasteiger partial charge in [0.15, 0.2) is 24.4 Å². The van der Waals surface area contributed by atoms with E-state index >= 15 is 4.39 Å². The summed E-state index contributed by atoms with van der Waals surface area (Å²) in [5, 5.41) is 1.41. The Morgan fingerprint density at radius 1 is 0.857 bits per heavy atom. The maximum atomic E-state index is 15.2. The minimum Gasteiger partial charge on any atom is -1.00 e. The summed E-state index contributed by atoms with van der Waals surface area (Å²) >= 11 is 0. The summed E-state index contributed by atoms with van der Waals surface area (Å²) in [5.41, 5.74) is 2.02. The molecule has 3 aromatic rings. The lowest BCUT2D eigenvalue weighted by Gasteiger charge is -2.22. The third kappa shape index (κ3) is 7.83. The summed E-state index contributed by atoms with van der Waals surface area (Å²) in [5.74, 6) is -0.455. The smallest absolute Gasteiger partial charge is 0.205 e. The molecular formula is C28H37Br2F2N3. The van der Waals surface area contributed by atoms with Crippen LogP contribution in [-0.4, -0.2) is 32.7 Å². The fourth-order valence-corrected chi connectivity index (χ4v) is 4.38. The maximum absolute atomic E-state index is 15.2. The number of aryl methyl sites for hydroxylation is 1. The first-order valence-electron chi connectivity index (χ1n) is 12.2. The molecule has 0 amide bonds. The van der Waals surface area contributed by atoms with Crippen LogP contribution in [0.5, 0.6) is 0 Å². The van der Waals surface area contributed by atoms with Gasteiger partial charge in [-0.3, -0.25) is 0 Å². The molecule has 0 saturated heterocycles.